The second kappa shape index (κ2) is 2.53. The molecule has 0 amide bonds. The van der Waals surface area contributed by atoms with Crippen molar-refractivity contribution in [1.29, 1.82) is 5.26 Å². The minimum Gasteiger partial charge on any atom is -0.508 e. The summed E-state index contributed by atoms with van der Waals surface area (Å²) in [5.74, 6) is 0.190. The van der Waals surface area contributed by atoms with Crippen LogP contribution in [0.15, 0.2) is 24.4 Å². The van der Waals surface area contributed by atoms with Crippen LogP contribution in [0.1, 0.15) is 5.56 Å². The van der Waals surface area contributed by atoms with Crippen LogP contribution in [-0.4, -0.2) is 9.67 Å². The van der Waals surface area contributed by atoms with Gasteiger partial charge in [0.2, 0.25) is 0 Å². The Bertz CT molecular complexity index is 505. The molecule has 1 aromatic heterocycles. The van der Waals surface area contributed by atoms with Crippen molar-refractivity contribution in [3.63, 3.8) is 0 Å². The number of benzene rings is 1. The normalized spacial score (nSPS) is 10.2. The molecule has 2 aromatic rings. The molecule has 0 atom stereocenters. The molecule has 0 aliphatic heterocycles. The van der Waals surface area contributed by atoms with Gasteiger partial charge in [-0.15, -0.1) is 0 Å². The molecule has 3 heteroatoms. The number of aromatic hydroxyl groups is 1. The van der Waals surface area contributed by atoms with Crippen LogP contribution in [0.3, 0.4) is 0 Å². The molecule has 0 aliphatic rings. The number of aromatic nitrogens is 1. The lowest BCUT2D eigenvalue weighted by Crippen LogP contribution is -1.81. The van der Waals surface area contributed by atoms with Crippen LogP contribution in [0.5, 0.6) is 5.75 Å². The first-order chi connectivity index (χ1) is 6.22. The molecular formula is C10H8N2O. The summed E-state index contributed by atoms with van der Waals surface area (Å²) < 4.78 is 1.87. The second-order valence-corrected chi connectivity index (χ2v) is 2.97. The predicted molar refractivity (Wildman–Crippen MR) is 49.3 cm³/mol. The minimum atomic E-state index is 0.190. The number of fused-ring (bicyclic) bond motifs is 1. The fraction of sp³-hybridized carbons (Fsp3) is 0.100. The molecule has 1 aromatic carbocycles. The largest absolute Gasteiger partial charge is 0.508 e. The lowest BCUT2D eigenvalue weighted by molar-refractivity contribution is 0.476. The Morgan fingerprint density at radius 2 is 2.23 bits per heavy atom. The third kappa shape index (κ3) is 1.04. The summed E-state index contributed by atoms with van der Waals surface area (Å²) in [4.78, 5) is 0. The molecule has 0 aliphatic carbocycles. The van der Waals surface area contributed by atoms with Gasteiger partial charge in [-0.2, -0.15) is 5.26 Å². The van der Waals surface area contributed by atoms with Crippen LogP contribution in [-0.2, 0) is 7.05 Å². The van der Waals surface area contributed by atoms with E-state index in [4.69, 9.17) is 5.26 Å². The van der Waals surface area contributed by atoms with Gasteiger partial charge in [0, 0.05) is 24.1 Å². The number of hydrogen-bond donors (Lipinski definition) is 1. The van der Waals surface area contributed by atoms with E-state index in [9.17, 15) is 5.11 Å². The van der Waals surface area contributed by atoms with E-state index in [1.54, 1.807) is 24.4 Å². The molecule has 3 nitrogen and oxygen atoms in total. The van der Waals surface area contributed by atoms with Crippen LogP contribution in [0.2, 0.25) is 0 Å². The molecule has 0 bridgehead atoms. The number of phenolic OH excluding ortho intramolecular Hbond substituents is 1. The zero-order chi connectivity index (χ0) is 9.42. The van der Waals surface area contributed by atoms with E-state index in [-0.39, 0.29) is 5.75 Å². The highest BCUT2D eigenvalue weighted by Crippen LogP contribution is 2.23. The minimum absolute atomic E-state index is 0.190. The van der Waals surface area contributed by atoms with Crippen LogP contribution in [0.4, 0.5) is 0 Å². The first kappa shape index (κ1) is 7.69. The zero-order valence-corrected chi connectivity index (χ0v) is 7.15. The number of nitriles is 1. The highest BCUT2D eigenvalue weighted by Gasteiger charge is 2.05. The maximum atomic E-state index is 9.24. The summed E-state index contributed by atoms with van der Waals surface area (Å²) in [5.41, 5.74) is 1.54. The van der Waals surface area contributed by atoms with Crippen molar-refractivity contribution in [2.24, 2.45) is 7.05 Å². The Morgan fingerprint density at radius 1 is 1.46 bits per heavy atom. The predicted octanol–water partition coefficient (Wildman–Crippen LogP) is 1.76. The molecule has 0 saturated carbocycles. The van der Waals surface area contributed by atoms with Crippen molar-refractivity contribution in [3.8, 4) is 11.8 Å². The number of aryl methyl sites for hydroxylation is 1. The smallest absolute Gasteiger partial charge is 0.116 e. The fourth-order valence-electron chi connectivity index (χ4n) is 1.47. The van der Waals surface area contributed by atoms with Gasteiger partial charge < -0.3 is 9.67 Å². The van der Waals surface area contributed by atoms with Gasteiger partial charge in [-0.1, -0.05) is 0 Å². The SMILES string of the molecule is Cn1cc(C#N)c2cc(O)ccc21. The Morgan fingerprint density at radius 3 is 2.92 bits per heavy atom. The summed E-state index contributed by atoms with van der Waals surface area (Å²) in [7, 11) is 1.88. The Labute approximate surface area is 75.4 Å². The lowest BCUT2D eigenvalue weighted by atomic mass is 10.2. The van der Waals surface area contributed by atoms with Gasteiger partial charge in [-0.05, 0) is 18.2 Å². The first-order valence-electron chi connectivity index (χ1n) is 3.90. The quantitative estimate of drug-likeness (QED) is 0.658. The standard InChI is InChI=1S/C10H8N2O/c1-12-6-7(5-11)9-4-8(13)2-3-10(9)12/h2-4,6,13H,1H3. The van der Waals surface area contributed by atoms with Gasteiger partial charge in [0.25, 0.3) is 0 Å². The van der Waals surface area contributed by atoms with E-state index >= 15 is 0 Å². The average Bonchev–Trinajstić information content (AvgIpc) is 2.42. The molecule has 13 heavy (non-hydrogen) atoms. The molecule has 0 fully saturated rings. The molecule has 1 heterocycles. The summed E-state index contributed by atoms with van der Waals surface area (Å²) >= 11 is 0. The summed E-state index contributed by atoms with van der Waals surface area (Å²) in [6.45, 7) is 0. The van der Waals surface area contributed by atoms with Crippen molar-refractivity contribution >= 4 is 10.9 Å². The van der Waals surface area contributed by atoms with Crippen LogP contribution in [0, 0.1) is 11.3 Å². The lowest BCUT2D eigenvalue weighted by Gasteiger charge is -1.95. The van der Waals surface area contributed by atoms with Gasteiger partial charge in [0.05, 0.1) is 5.56 Å². The van der Waals surface area contributed by atoms with Crippen molar-refractivity contribution in [2.75, 3.05) is 0 Å². The third-order valence-corrected chi connectivity index (χ3v) is 2.09. The van der Waals surface area contributed by atoms with Gasteiger partial charge in [-0.3, -0.25) is 0 Å². The number of hydrogen-bond acceptors (Lipinski definition) is 2. The maximum Gasteiger partial charge on any atom is 0.116 e. The molecular weight excluding hydrogens is 164 g/mol. The Kier molecular flexibility index (Phi) is 1.49. The molecule has 0 spiro atoms. The summed E-state index contributed by atoms with van der Waals surface area (Å²) in [6, 6.07) is 7.10. The van der Waals surface area contributed by atoms with E-state index in [1.807, 2.05) is 11.6 Å². The highest BCUT2D eigenvalue weighted by atomic mass is 16.3. The summed E-state index contributed by atoms with van der Waals surface area (Å²) in [5, 5.41) is 18.8. The van der Waals surface area contributed by atoms with Crippen LogP contribution >= 0.6 is 0 Å². The highest BCUT2D eigenvalue weighted by molar-refractivity contribution is 5.87. The van der Waals surface area contributed by atoms with Gasteiger partial charge in [0.1, 0.15) is 11.8 Å². The summed E-state index contributed by atoms with van der Waals surface area (Å²) in [6.07, 6.45) is 1.75. The molecule has 0 unspecified atom stereocenters. The van der Waals surface area contributed by atoms with Gasteiger partial charge in [-0.25, -0.2) is 0 Å². The molecule has 1 N–H and O–H groups in total. The molecule has 0 saturated heterocycles. The van der Waals surface area contributed by atoms with Crippen molar-refractivity contribution in [2.45, 2.75) is 0 Å². The van der Waals surface area contributed by atoms with Crippen molar-refractivity contribution in [3.05, 3.63) is 30.0 Å². The zero-order valence-electron chi connectivity index (χ0n) is 7.15. The Hall–Kier alpha value is -1.95. The number of phenols is 1. The van der Waals surface area contributed by atoms with Crippen molar-refractivity contribution < 1.29 is 5.11 Å². The Balaban J connectivity index is 2.91. The van der Waals surface area contributed by atoms with Crippen LogP contribution < -0.4 is 0 Å². The van der Waals surface area contributed by atoms with Crippen molar-refractivity contribution in [1.82, 2.24) is 4.57 Å². The van der Waals surface area contributed by atoms with Crippen LogP contribution in [0.25, 0.3) is 10.9 Å². The average molecular weight is 172 g/mol. The molecule has 64 valence electrons. The second-order valence-electron chi connectivity index (χ2n) is 2.97. The molecule has 0 radical (unpaired) electrons. The fourth-order valence-corrected chi connectivity index (χ4v) is 1.47. The van der Waals surface area contributed by atoms with E-state index in [1.165, 1.54) is 0 Å². The molecule has 2 rings (SSSR count). The third-order valence-electron chi connectivity index (χ3n) is 2.09. The van der Waals surface area contributed by atoms with Gasteiger partial charge in [0.15, 0.2) is 0 Å². The van der Waals surface area contributed by atoms with E-state index < -0.39 is 0 Å². The maximum absolute atomic E-state index is 9.24. The van der Waals surface area contributed by atoms with E-state index in [2.05, 4.69) is 6.07 Å². The van der Waals surface area contributed by atoms with Gasteiger partial charge >= 0.3 is 0 Å². The topological polar surface area (TPSA) is 49.0 Å². The number of rotatable bonds is 0. The number of nitrogens with zero attached hydrogens (tertiary/aromatic N) is 2. The first-order valence-corrected chi connectivity index (χ1v) is 3.90. The van der Waals surface area contributed by atoms with E-state index in [0.717, 1.165) is 10.9 Å². The van der Waals surface area contributed by atoms with E-state index in [0.29, 0.717) is 5.56 Å². The monoisotopic (exact) mass is 172 g/mol.